The fourth-order valence-electron chi connectivity index (χ4n) is 1.75. The summed E-state index contributed by atoms with van der Waals surface area (Å²) in [7, 11) is 1.84. The summed E-state index contributed by atoms with van der Waals surface area (Å²) in [4.78, 5) is 8.65. The van der Waals surface area contributed by atoms with Crippen LogP contribution in [-0.2, 0) is 6.61 Å². The van der Waals surface area contributed by atoms with Crippen molar-refractivity contribution in [1.29, 1.82) is 0 Å². The number of nitrogens with one attached hydrogen (secondary N) is 1. The Morgan fingerprint density at radius 1 is 1.21 bits per heavy atom. The lowest BCUT2D eigenvalue weighted by molar-refractivity contribution is 0.290. The average Bonchev–Trinajstić information content (AvgIpc) is 2.41. The molecule has 5 heteroatoms. The van der Waals surface area contributed by atoms with Crippen molar-refractivity contribution < 1.29 is 4.74 Å². The van der Waals surface area contributed by atoms with Crippen LogP contribution < -0.4 is 10.1 Å². The third-order valence-electron chi connectivity index (χ3n) is 2.77. The minimum Gasteiger partial charge on any atom is -0.472 e. The first-order valence-corrected chi connectivity index (χ1v) is 6.80. The van der Waals surface area contributed by atoms with Gasteiger partial charge in [0, 0.05) is 17.1 Å². The van der Waals surface area contributed by atoms with Gasteiger partial charge in [-0.05, 0) is 19.9 Å². The molecule has 0 aliphatic carbocycles. The first-order valence-electron chi connectivity index (χ1n) is 6.01. The molecule has 0 bridgehead atoms. The summed E-state index contributed by atoms with van der Waals surface area (Å²) in [5, 5.41) is 3.05. The molecule has 100 valence electrons. The first kappa shape index (κ1) is 13.8. The summed E-state index contributed by atoms with van der Waals surface area (Å²) in [6.45, 7) is 4.27. The van der Waals surface area contributed by atoms with Crippen LogP contribution in [0.15, 0.2) is 28.7 Å². The van der Waals surface area contributed by atoms with Crippen LogP contribution in [0.3, 0.4) is 0 Å². The van der Waals surface area contributed by atoms with E-state index in [0.29, 0.717) is 18.3 Å². The molecule has 0 saturated heterocycles. The molecule has 0 aliphatic heterocycles. The van der Waals surface area contributed by atoms with Crippen LogP contribution in [0.2, 0.25) is 0 Å². The van der Waals surface area contributed by atoms with E-state index in [0.717, 1.165) is 21.4 Å². The Balaban J connectivity index is 2.20. The van der Waals surface area contributed by atoms with E-state index in [9.17, 15) is 0 Å². The number of hydrogen-bond donors (Lipinski definition) is 1. The second-order valence-electron chi connectivity index (χ2n) is 4.18. The van der Waals surface area contributed by atoms with E-state index in [-0.39, 0.29) is 0 Å². The molecule has 1 N–H and O–H groups in total. The Kier molecular flexibility index (Phi) is 4.37. The predicted molar refractivity (Wildman–Crippen MR) is 79.5 cm³/mol. The van der Waals surface area contributed by atoms with Crippen LogP contribution >= 0.6 is 15.9 Å². The minimum absolute atomic E-state index is 0.474. The minimum atomic E-state index is 0.474. The number of aryl methyl sites for hydroxylation is 1. The number of benzene rings is 1. The van der Waals surface area contributed by atoms with Gasteiger partial charge in [-0.3, -0.25) is 0 Å². The monoisotopic (exact) mass is 321 g/mol. The molecule has 2 aromatic rings. The number of rotatable bonds is 4. The quantitative estimate of drug-likeness (QED) is 0.936. The summed E-state index contributed by atoms with van der Waals surface area (Å²) in [6.07, 6.45) is 0. The van der Waals surface area contributed by atoms with Crippen molar-refractivity contribution in [2.24, 2.45) is 0 Å². The number of hydrogen-bond acceptors (Lipinski definition) is 4. The van der Waals surface area contributed by atoms with Gasteiger partial charge in [0.2, 0.25) is 5.88 Å². The number of ether oxygens (including phenoxy) is 1. The van der Waals surface area contributed by atoms with Gasteiger partial charge < -0.3 is 10.1 Å². The molecule has 0 fully saturated rings. The van der Waals surface area contributed by atoms with E-state index < -0.39 is 0 Å². The molecule has 0 unspecified atom stereocenters. The smallest absolute Gasteiger partial charge is 0.222 e. The van der Waals surface area contributed by atoms with E-state index in [2.05, 4.69) is 31.2 Å². The van der Waals surface area contributed by atoms with E-state index >= 15 is 0 Å². The molecule has 0 atom stereocenters. The Labute approximate surface area is 121 Å². The Bertz CT molecular complexity index is 587. The molecule has 1 heterocycles. The fourth-order valence-corrected chi connectivity index (χ4v) is 2.15. The lowest BCUT2D eigenvalue weighted by atomic mass is 10.2. The van der Waals surface area contributed by atoms with Gasteiger partial charge in [0.05, 0.1) is 5.56 Å². The molecular weight excluding hydrogens is 306 g/mol. The van der Waals surface area contributed by atoms with Gasteiger partial charge in [0.1, 0.15) is 18.2 Å². The van der Waals surface area contributed by atoms with Gasteiger partial charge in [0.15, 0.2) is 0 Å². The molecule has 4 nitrogen and oxygen atoms in total. The van der Waals surface area contributed by atoms with Crippen molar-refractivity contribution in [3.05, 3.63) is 45.7 Å². The standard InChI is InChI=1S/C14H16BrN3O/c1-9-13(16-3)17-10(2)18-14(9)19-8-11-6-4-5-7-12(11)15/h4-7H,8H2,1-3H3,(H,16,17,18). The van der Waals surface area contributed by atoms with Crippen LogP contribution in [0.1, 0.15) is 17.0 Å². The third kappa shape index (κ3) is 3.23. The fraction of sp³-hybridized carbons (Fsp3) is 0.286. The number of nitrogens with zero attached hydrogens (tertiary/aromatic N) is 2. The van der Waals surface area contributed by atoms with Crippen LogP contribution in [-0.4, -0.2) is 17.0 Å². The highest BCUT2D eigenvalue weighted by Gasteiger charge is 2.10. The highest BCUT2D eigenvalue weighted by atomic mass is 79.9. The summed E-state index contributed by atoms with van der Waals surface area (Å²) in [6, 6.07) is 7.98. The van der Waals surface area contributed by atoms with Crippen LogP contribution in [0.25, 0.3) is 0 Å². The molecular formula is C14H16BrN3O. The van der Waals surface area contributed by atoms with Gasteiger partial charge >= 0.3 is 0 Å². The Morgan fingerprint density at radius 3 is 2.63 bits per heavy atom. The van der Waals surface area contributed by atoms with E-state index in [1.807, 2.05) is 45.2 Å². The van der Waals surface area contributed by atoms with Gasteiger partial charge in [-0.15, -0.1) is 0 Å². The Morgan fingerprint density at radius 2 is 1.95 bits per heavy atom. The molecule has 1 aromatic carbocycles. The molecule has 0 aliphatic rings. The van der Waals surface area contributed by atoms with E-state index in [1.165, 1.54) is 0 Å². The van der Waals surface area contributed by atoms with Crippen molar-refractivity contribution in [2.45, 2.75) is 20.5 Å². The average molecular weight is 322 g/mol. The summed E-state index contributed by atoms with van der Waals surface area (Å²) < 4.78 is 6.84. The van der Waals surface area contributed by atoms with Gasteiger partial charge in [-0.2, -0.15) is 4.98 Å². The zero-order valence-corrected chi connectivity index (χ0v) is 12.8. The van der Waals surface area contributed by atoms with Gasteiger partial charge in [0.25, 0.3) is 0 Å². The van der Waals surface area contributed by atoms with Crippen LogP contribution in [0.5, 0.6) is 5.88 Å². The molecule has 0 spiro atoms. The lowest BCUT2D eigenvalue weighted by Crippen LogP contribution is -2.05. The number of aromatic nitrogens is 2. The molecule has 0 saturated carbocycles. The zero-order valence-electron chi connectivity index (χ0n) is 11.2. The summed E-state index contributed by atoms with van der Waals surface area (Å²) in [5.74, 6) is 2.11. The van der Waals surface area contributed by atoms with Crippen molar-refractivity contribution in [3.8, 4) is 5.88 Å². The zero-order chi connectivity index (χ0) is 13.8. The normalized spacial score (nSPS) is 10.3. The highest BCUT2D eigenvalue weighted by molar-refractivity contribution is 9.10. The predicted octanol–water partition coefficient (Wildman–Crippen LogP) is 3.48. The summed E-state index contributed by atoms with van der Waals surface area (Å²) >= 11 is 3.51. The number of halogens is 1. The van der Waals surface area contributed by atoms with E-state index in [4.69, 9.17) is 4.74 Å². The molecule has 0 radical (unpaired) electrons. The molecule has 1 aromatic heterocycles. The maximum Gasteiger partial charge on any atom is 0.222 e. The number of anilines is 1. The Hall–Kier alpha value is -1.62. The first-order chi connectivity index (χ1) is 9.11. The molecule has 0 amide bonds. The van der Waals surface area contributed by atoms with Crippen LogP contribution in [0.4, 0.5) is 5.82 Å². The van der Waals surface area contributed by atoms with Gasteiger partial charge in [-0.25, -0.2) is 4.98 Å². The largest absolute Gasteiger partial charge is 0.472 e. The molecule has 19 heavy (non-hydrogen) atoms. The maximum absolute atomic E-state index is 5.81. The third-order valence-corrected chi connectivity index (χ3v) is 3.55. The van der Waals surface area contributed by atoms with Crippen molar-refractivity contribution in [1.82, 2.24) is 9.97 Å². The van der Waals surface area contributed by atoms with Crippen molar-refractivity contribution in [2.75, 3.05) is 12.4 Å². The lowest BCUT2D eigenvalue weighted by Gasteiger charge is -2.12. The highest BCUT2D eigenvalue weighted by Crippen LogP contribution is 2.24. The van der Waals surface area contributed by atoms with Crippen molar-refractivity contribution >= 4 is 21.7 Å². The van der Waals surface area contributed by atoms with Crippen LogP contribution in [0, 0.1) is 13.8 Å². The second-order valence-corrected chi connectivity index (χ2v) is 5.03. The van der Waals surface area contributed by atoms with Crippen molar-refractivity contribution in [3.63, 3.8) is 0 Å². The topological polar surface area (TPSA) is 47.0 Å². The SMILES string of the molecule is CNc1nc(C)nc(OCc2ccccc2Br)c1C. The van der Waals surface area contributed by atoms with Gasteiger partial charge in [-0.1, -0.05) is 34.1 Å². The van der Waals surface area contributed by atoms with E-state index in [1.54, 1.807) is 0 Å². The summed E-state index contributed by atoms with van der Waals surface area (Å²) in [5.41, 5.74) is 2.00. The maximum atomic E-state index is 5.81. The second kappa shape index (κ2) is 6.02. The molecule has 2 rings (SSSR count).